The average molecular weight is 598 g/mol. The number of aromatic hydroxyl groups is 1. The number of fused-ring (bicyclic) bond motifs is 2. The Morgan fingerprint density at radius 1 is 0.926 bits per heavy atom. The maximum Gasteiger partial charge on any atom is 0.387 e. The number of hydrogen-bond acceptors (Lipinski definition) is 4. The highest BCUT2D eigenvalue weighted by Crippen LogP contribution is 2.25. The molecule has 0 atom stereocenters. The normalized spacial score (nSPS) is 11.1. The molecular formula is C17H14F2I2N4O2. The van der Waals surface area contributed by atoms with Crippen molar-refractivity contribution in [1.82, 2.24) is 19.6 Å². The number of aryl methyl sites for hydroxylation is 2. The molecule has 0 aliphatic rings. The van der Waals surface area contributed by atoms with E-state index in [4.69, 9.17) is 0 Å². The monoisotopic (exact) mass is 598 g/mol. The maximum absolute atomic E-state index is 12.0. The van der Waals surface area contributed by atoms with Gasteiger partial charge in [-0.3, -0.25) is 9.36 Å². The van der Waals surface area contributed by atoms with Crippen LogP contribution in [-0.2, 0) is 14.1 Å². The third-order valence-corrected chi connectivity index (χ3v) is 5.38. The zero-order valence-corrected chi connectivity index (χ0v) is 18.5. The number of benzene rings is 2. The molecule has 0 unspecified atom stereocenters. The number of alkyl halides is 2. The van der Waals surface area contributed by atoms with Crippen LogP contribution < -0.4 is 4.74 Å². The molecule has 2 heterocycles. The minimum atomic E-state index is -2.79. The summed E-state index contributed by atoms with van der Waals surface area (Å²) in [6.45, 7) is -2.79. The van der Waals surface area contributed by atoms with Crippen molar-refractivity contribution in [2.24, 2.45) is 14.1 Å². The Labute approximate surface area is 180 Å². The first-order valence-corrected chi connectivity index (χ1v) is 9.80. The quantitative estimate of drug-likeness (QED) is 0.341. The second-order valence-corrected chi connectivity index (χ2v) is 7.63. The second-order valence-electron chi connectivity index (χ2n) is 5.59. The summed E-state index contributed by atoms with van der Waals surface area (Å²) in [5.41, 5.74) is 1.93. The lowest BCUT2D eigenvalue weighted by atomic mass is 10.2. The van der Waals surface area contributed by atoms with E-state index in [-0.39, 0.29) is 11.5 Å². The zero-order chi connectivity index (χ0) is 19.7. The number of phenolic OH excluding ortho intramolecular Hbond substituents is 1. The molecule has 1 N–H and O–H groups in total. The molecule has 0 amide bonds. The number of rotatable bonds is 2. The molecule has 0 saturated heterocycles. The molecule has 142 valence electrons. The number of halogens is 4. The third-order valence-electron chi connectivity index (χ3n) is 3.79. The van der Waals surface area contributed by atoms with Crippen molar-refractivity contribution < 1.29 is 18.6 Å². The van der Waals surface area contributed by atoms with E-state index in [1.807, 2.05) is 13.1 Å². The Hall–Kier alpha value is -1.70. The zero-order valence-electron chi connectivity index (χ0n) is 14.2. The predicted octanol–water partition coefficient (Wildman–Crippen LogP) is 4.66. The molecule has 10 heteroatoms. The van der Waals surface area contributed by atoms with Gasteiger partial charge in [0.05, 0.1) is 11.0 Å². The fourth-order valence-electron chi connectivity index (χ4n) is 2.59. The molecule has 0 aliphatic heterocycles. The molecular weight excluding hydrogens is 584 g/mol. The molecule has 6 nitrogen and oxygen atoms in total. The third kappa shape index (κ3) is 4.42. The Kier molecular flexibility index (Phi) is 6.03. The van der Waals surface area contributed by atoms with E-state index in [0.717, 1.165) is 29.2 Å². The van der Waals surface area contributed by atoms with Crippen LogP contribution >= 0.6 is 45.2 Å². The van der Waals surface area contributed by atoms with Gasteiger partial charge in [-0.25, -0.2) is 0 Å². The van der Waals surface area contributed by atoms with Gasteiger partial charge in [0.25, 0.3) is 0 Å². The molecule has 0 aliphatic carbocycles. The summed E-state index contributed by atoms with van der Waals surface area (Å²) >= 11 is 4.21. The Morgan fingerprint density at radius 3 is 2.00 bits per heavy atom. The number of aromatic nitrogens is 4. The van der Waals surface area contributed by atoms with E-state index in [9.17, 15) is 13.9 Å². The first-order chi connectivity index (χ1) is 12.8. The van der Waals surface area contributed by atoms with Crippen LogP contribution in [0.3, 0.4) is 0 Å². The standard InChI is InChI=1S/C9H7F2IN2O.C8H7IN2O/c1-14-7-3-2-5(15-9(10)11)4-6(7)8(12)13-14;1-11-7-3-2-5(12)4-6(7)8(9)10-11/h2-4,9H,1H3;2-4,12H,1H3. The van der Waals surface area contributed by atoms with Gasteiger partial charge in [0, 0.05) is 24.9 Å². The van der Waals surface area contributed by atoms with E-state index in [2.05, 4.69) is 60.1 Å². The summed E-state index contributed by atoms with van der Waals surface area (Å²) in [5, 5.41) is 19.4. The second kappa shape index (κ2) is 8.12. The summed E-state index contributed by atoms with van der Waals surface area (Å²) in [6.07, 6.45) is 0. The summed E-state index contributed by atoms with van der Waals surface area (Å²) < 4.78 is 33.5. The van der Waals surface area contributed by atoms with Crippen molar-refractivity contribution in [3.8, 4) is 11.5 Å². The van der Waals surface area contributed by atoms with Gasteiger partial charge in [-0.15, -0.1) is 0 Å². The van der Waals surface area contributed by atoms with E-state index in [1.54, 1.807) is 40.7 Å². The lowest BCUT2D eigenvalue weighted by molar-refractivity contribution is -0.0497. The lowest BCUT2D eigenvalue weighted by Gasteiger charge is -2.03. The SMILES string of the molecule is Cn1nc(I)c2cc(O)ccc21.Cn1nc(I)c2cc(OC(F)F)ccc21. The van der Waals surface area contributed by atoms with Gasteiger partial charge in [0.2, 0.25) is 0 Å². The molecule has 4 rings (SSSR count). The smallest absolute Gasteiger partial charge is 0.387 e. The van der Waals surface area contributed by atoms with Crippen LogP contribution in [0.25, 0.3) is 21.8 Å². The topological polar surface area (TPSA) is 65.1 Å². The largest absolute Gasteiger partial charge is 0.508 e. The van der Waals surface area contributed by atoms with Crippen LogP contribution in [0.1, 0.15) is 0 Å². The highest BCUT2D eigenvalue weighted by atomic mass is 127. The first-order valence-electron chi connectivity index (χ1n) is 7.64. The van der Waals surface area contributed by atoms with Crippen molar-refractivity contribution in [1.29, 1.82) is 0 Å². The number of ether oxygens (including phenoxy) is 1. The predicted molar refractivity (Wildman–Crippen MR) is 115 cm³/mol. The van der Waals surface area contributed by atoms with Crippen LogP contribution in [0.2, 0.25) is 0 Å². The highest BCUT2D eigenvalue weighted by Gasteiger charge is 2.09. The molecule has 2 aromatic carbocycles. The molecule has 0 bridgehead atoms. The van der Waals surface area contributed by atoms with Gasteiger partial charge in [0.15, 0.2) is 0 Å². The van der Waals surface area contributed by atoms with E-state index in [1.165, 1.54) is 6.07 Å². The number of phenols is 1. The highest BCUT2D eigenvalue weighted by molar-refractivity contribution is 14.1. The Bertz CT molecular complexity index is 1110. The molecule has 27 heavy (non-hydrogen) atoms. The molecule has 0 fully saturated rings. The summed E-state index contributed by atoms with van der Waals surface area (Å²) in [7, 11) is 3.69. The minimum Gasteiger partial charge on any atom is -0.508 e. The number of hydrogen-bond donors (Lipinski definition) is 1. The minimum absolute atomic E-state index is 0.156. The van der Waals surface area contributed by atoms with Crippen LogP contribution in [0, 0.1) is 7.40 Å². The average Bonchev–Trinajstić information content (AvgIpc) is 3.03. The van der Waals surface area contributed by atoms with Crippen molar-refractivity contribution in [2.75, 3.05) is 0 Å². The fourth-order valence-corrected chi connectivity index (χ4v) is 4.10. The van der Waals surface area contributed by atoms with Gasteiger partial charge in [-0.05, 0) is 81.6 Å². The van der Waals surface area contributed by atoms with Crippen molar-refractivity contribution in [2.45, 2.75) is 6.61 Å². The van der Waals surface area contributed by atoms with Crippen LogP contribution in [-0.4, -0.2) is 31.3 Å². The van der Waals surface area contributed by atoms with Crippen LogP contribution in [0.15, 0.2) is 36.4 Å². The van der Waals surface area contributed by atoms with Gasteiger partial charge in [-0.1, -0.05) is 0 Å². The fraction of sp³-hybridized carbons (Fsp3) is 0.176. The van der Waals surface area contributed by atoms with Crippen molar-refractivity contribution >= 4 is 67.0 Å². The lowest BCUT2D eigenvalue weighted by Crippen LogP contribution is -2.01. The van der Waals surface area contributed by atoms with E-state index in [0.29, 0.717) is 0 Å². The molecule has 0 spiro atoms. The number of nitrogens with zero attached hydrogens (tertiary/aromatic N) is 4. The molecule has 0 saturated carbocycles. The van der Waals surface area contributed by atoms with Gasteiger partial charge < -0.3 is 9.84 Å². The van der Waals surface area contributed by atoms with Gasteiger partial charge in [-0.2, -0.15) is 19.0 Å². The Morgan fingerprint density at radius 2 is 1.44 bits per heavy atom. The van der Waals surface area contributed by atoms with Gasteiger partial charge >= 0.3 is 6.61 Å². The molecule has 0 radical (unpaired) electrons. The Balaban J connectivity index is 0.000000159. The summed E-state index contributed by atoms with van der Waals surface area (Å²) in [4.78, 5) is 0. The van der Waals surface area contributed by atoms with Crippen molar-refractivity contribution in [3.63, 3.8) is 0 Å². The molecule has 2 aromatic heterocycles. The van der Waals surface area contributed by atoms with E-state index >= 15 is 0 Å². The van der Waals surface area contributed by atoms with Crippen LogP contribution in [0.4, 0.5) is 8.78 Å². The summed E-state index contributed by atoms with van der Waals surface area (Å²) in [5.74, 6) is 0.442. The van der Waals surface area contributed by atoms with Crippen LogP contribution in [0.5, 0.6) is 11.5 Å². The van der Waals surface area contributed by atoms with Gasteiger partial charge in [0.1, 0.15) is 18.9 Å². The van der Waals surface area contributed by atoms with Crippen molar-refractivity contribution in [3.05, 3.63) is 43.8 Å². The summed E-state index contributed by atoms with van der Waals surface area (Å²) in [6, 6.07) is 10.0. The first kappa shape index (κ1) is 20.0. The maximum atomic E-state index is 12.0. The molecule has 4 aromatic rings. The van der Waals surface area contributed by atoms with E-state index < -0.39 is 6.61 Å².